The Kier molecular flexibility index (Phi) is 12.4. The molecule has 2 atom stereocenters. The molecule has 0 fully saturated rings. The summed E-state index contributed by atoms with van der Waals surface area (Å²) < 4.78 is 191. The second-order valence-corrected chi connectivity index (χ2v) is 14.5. The van der Waals surface area contributed by atoms with Crippen molar-refractivity contribution in [3.8, 4) is 11.5 Å². The number of benzene rings is 2. The maximum atomic E-state index is 14.0. The van der Waals surface area contributed by atoms with Gasteiger partial charge in [-0.3, -0.25) is 0 Å². The van der Waals surface area contributed by atoms with E-state index in [4.69, 9.17) is 5.11 Å². The molecule has 0 spiro atoms. The van der Waals surface area contributed by atoms with Crippen LogP contribution in [0.3, 0.4) is 0 Å². The molecular weight excluding hydrogens is 697 g/mol. The first-order chi connectivity index (χ1) is 20.1. The molecule has 2 aromatic carbocycles. The highest BCUT2D eigenvalue weighted by Crippen LogP contribution is 2.53. The van der Waals surface area contributed by atoms with Crippen LogP contribution in [0.5, 0.6) is 11.5 Å². The van der Waals surface area contributed by atoms with Crippen LogP contribution in [0.15, 0.2) is 48.5 Å². The van der Waals surface area contributed by atoms with Gasteiger partial charge in [-0.2, -0.15) is 47.9 Å². The summed E-state index contributed by atoms with van der Waals surface area (Å²) in [6, 6.07) is 11.0. The number of phenolic OH excluding ortho intramolecular Hbond substituents is 1. The summed E-state index contributed by atoms with van der Waals surface area (Å²) in [5.74, 6) is -7.87. The van der Waals surface area contributed by atoms with Gasteiger partial charge in [-0.25, -0.2) is 16.8 Å². The number of hydrogen-bond donors (Lipinski definition) is 1. The largest absolute Gasteiger partial charge is 0.508 e. The lowest BCUT2D eigenvalue weighted by Gasteiger charge is -2.35. The Morgan fingerprint density at radius 3 is 1.40 bits per heavy atom. The van der Waals surface area contributed by atoms with Gasteiger partial charge in [0.2, 0.25) is 0 Å². The van der Waals surface area contributed by atoms with Crippen molar-refractivity contribution >= 4 is 30.2 Å². The fourth-order valence-electron chi connectivity index (χ4n) is 3.01. The molecule has 0 saturated carbocycles. The quantitative estimate of drug-likeness (QED) is 0.179. The molecule has 0 aliphatic rings. The minimum absolute atomic E-state index is 0.142. The molecule has 9 nitrogen and oxygen atoms in total. The van der Waals surface area contributed by atoms with Crippen LogP contribution < -0.4 is 4.18 Å². The van der Waals surface area contributed by atoms with E-state index in [2.05, 4.69) is 18.0 Å². The monoisotopic (exact) mass is 724 g/mol. The summed E-state index contributed by atoms with van der Waals surface area (Å²) in [6.45, 7) is 7.78. The number of sulfonamides is 2. The highest BCUT2D eigenvalue weighted by atomic mass is 32.3. The number of aromatic hydroxyl groups is 1. The van der Waals surface area contributed by atoms with Gasteiger partial charge in [-0.1, -0.05) is 52.0 Å². The molecule has 2 unspecified atom stereocenters. The predicted molar refractivity (Wildman–Crippen MR) is 144 cm³/mol. The number of halogens is 9. The third kappa shape index (κ3) is 8.73. The second-order valence-electron chi connectivity index (χ2n) is 9.39. The zero-order chi connectivity index (χ0) is 35.4. The van der Waals surface area contributed by atoms with Crippen molar-refractivity contribution in [1.82, 2.24) is 0 Å². The number of hydrogen-bond acceptors (Lipinski definition) is 8. The van der Waals surface area contributed by atoms with Gasteiger partial charge in [0, 0.05) is 0 Å². The lowest BCUT2D eigenvalue weighted by Crippen LogP contribution is -2.61. The van der Waals surface area contributed by atoms with Gasteiger partial charge in [-0.15, -0.1) is 0 Å². The predicted octanol–water partition coefficient (Wildman–Crippen LogP) is 7.19. The Morgan fingerprint density at radius 1 is 0.667 bits per heavy atom. The molecule has 0 radical (unpaired) electrons. The highest BCUT2D eigenvalue weighted by molar-refractivity contribution is 8.13. The summed E-state index contributed by atoms with van der Waals surface area (Å²) in [6.07, 6.45) is 1.70. The standard InChI is InChI=1S/C14H13F9NO7S3.C10H14O/c1-3-8(2)9-4-6-10(7-5-9)31-34(29,30)13(19,20)11(15,16)12(17,18)32(25,26)24-33(27,28)14(21,22)23;1-3-8(2)9-4-6-10(11)7-5-9/h4-8H,3H2,1-2H3;4-8,11H,3H2,1-2H3/q-1;. The van der Waals surface area contributed by atoms with Gasteiger partial charge in [0.15, 0.2) is 20.0 Å². The third-order valence-corrected chi connectivity index (χ3v) is 10.6. The number of phenols is 1. The van der Waals surface area contributed by atoms with Crippen LogP contribution in [0, 0.1) is 0 Å². The van der Waals surface area contributed by atoms with Crippen molar-refractivity contribution in [3.63, 3.8) is 0 Å². The van der Waals surface area contributed by atoms with Crippen LogP contribution in [0.4, 0.5) is 39.5 Å². The first-order valence-electron chi connectivity index (χ1n) is 12.4. The maximum absolute atomic E-state index is 14.0. The molecule has 2 rings (SSSR count). The Hall–Kier alpha value is -2.78. The minimum atomic E-state index is -7.96. The normalized spacial score (nSPS) is 15.0. The molecular formula is C24H27F9NO8S3-. The van der Waals surface area contributed by atoms with Crippen LogP contribution in [0.1, 0.15) is 63.5 Å². The summed E-state index contributed by atoms with van der Waals surface area (Å²) in [5.41, 5.74) is -4.91. The van der Waals surface area contributed by atoms with Gasteiger partial charge in [0.05, 0.1) is 0 Å². The molecule has 0 bridgehead atoms. The topological polar surface area (TPSA) is 146 Å². The summed E-state index contributed by atoms with van der Waals surface area (Å²) in [4.78, 5) is 0. The smallest absolute Gasteiger partial charge is 0.480 e. The SMILES string of the molecule is CCC(C)c1ccc(O)cc1.CCC(C)c1ccc(OS(=O)(=O)C(F)(F)C(F)(F)C(F)(F)S(=O)(=O)[N-]S(=O)(=O)C(F)(F)F)cc1. The van der Waals surface area contributed by atoms with Crippen molar-refractivity contribution in [3.05, 3.63) is 63.8 Å². The first-order valence-corrected chi connectivity index (χ1v) is 16.7. The van der Waals surface area contributed by atoms with Crippen LogP contribution in [0.25, 0.3) is 4.13 Å². The molecule has 0 amide bonds. The van der Waals surface area contributed by atoms with E-state index in [1.54, 1.807) is 26.0 Å². The van der Waals surface area contributed by atoms with Crippen molar-refractivity contribution in [2.24, 2.45) is 0 Å². The molecule has 45 heavy (non-hydrogen) atoms. The minimum Gasteiger partial charge on any atom is -0.508 e. The van der Waals surface area contributed by atoms with E-state index in [-0.39, 0.29) is 5.92 Å². The van der Waals surface area contributed by atoms with Gasteiger partial charge >= 0.3 is 32.1 Å². The number of rotatable bonds is 12. The molecule has 2 aromatic rings. The van der Waals surface area contributed by atoms with Crippen LogP contribution in [-0.4, -0.2) is 52.3 Å². The molecule has 0 heterocycles. The third-order valence-electron chi connectivity index (χ3n) is 6.20. The zero-order valence-corrected chi connectivity index (χ0v) is 26.0. The van der Waals surface area contributed by atoms with E-state index in [9.17, 15) is 64.8 Å². The Bertz CT molecular complexity index is 1610. The molecule has 0 aromatic heterocycles. The summed E-state index contributed by atoms with van der Waals surface area (Å²) >= 11 is 0. The van der Waals surface area contributed by atoms with E-state index in [1.807, 2.05) is 12.1 Å². The van der Waals surface area contributed by atoms with Crippen molar-refractivity contribution < 1.29 is 74.1 Å². The van der Waals surface area contributed by atoms with Crippen LogP contribution in [-0.2, 0) is 30.2 Å². The Balaban J connectivity index is 0.000000768. The molecule has 0 aliphatic heterocycles. The highest BCUT2D eigenvalue weighted by Gasteiger charge is 2.81. The van der Waals surface area contributed by atoms with Crippen LogP contribution >= 0.6 is 0 Å². The van der Waals surface area contributed by atoms with Gasteiger partial charge < -0.3 is 13.4 Å². The van der Waals surface area contributed by atoms with Gasteiger partial charge in [-0.05, 0) is 60.1 Å². The Morgan fingerprint density at radius 2 is 1.04 bits per heavy atom. The van der Waals surface area contributed by atoms with Crippen molar-refractivity contribution in [1.29, 1.82) is 0 Å². The number of alkyl halides is 9. The summed E-state index contributed by atoms with van der Waals surface area (Å²) in [7, 11) is -22.6. The molecule has 0 aliphatic carbocycles. The van der Waals surface area contributed by atoms with Gasteiger partial charge in [0.1, 0.15) is 11.5 Å². The zero-order valence-electron chi connectivity index (χ0n) is 23.6. The molecule has 0 saturated heterocycles. The molecule has 21 heteroatoms. The molecule has 258 valence electrons. The number of nitrogens with zero attached hydrogens (tertiary/aromatic N) is 1. The lowest BCUT2D eigenvalue weighted by molar-refractivity contribution is -0.245. The average molecular weight is 725 g/mol. The van der Waals surface area contributed by atoms with E-state index in [0.29, 0.717) is 39.9 Å². The average Bonchev–Trinajstić information content (AvgIpc) is 2.91. The second kappa shape index (κ2) is 13.9. The van der Waals surface area contributed by atoms with Gasteiger partial charge in [0.25, 0.3) is 0 Å². The van der Waals surface area contributed by atoms with E-state index in [1.165, 1.54) is 5.56 Å². The lowest BCUT2D eigenvalue weighted by atomic mass is 9.99. The van der Waals surface area contributed by atoms with E-state index in [0.717, 1.165) is 18.6 Å². The van der Waals surface area contributed by atoms with Crippen molar-refractivity contribution in [2.45, 2.75) is 74.3 Å². The first kappa shape index (κ1) is 40.2. The van der Waals surface area contributed by atoms with E-state index < -0.39 is 57.9 Å². The van der Waals surface area contributed by atoms with E-state index >= 15 is 0 Å². The van der Waals surface area contributed by atoms with Crippen molar-refractivity contribution in [2.75, 3.05) is 0 Å². The molecule has 1 N–H and O–H groups in total. The maximum Gasteiger partial charge on any atom is 0.480 e. The fourth-order valence-corrected chi connectivity index (χ4v) is 6.19. The summed E-state index contributed by atoms with van der Waals surface area (Å²) in [5, 5.41) is -5.58. The Labute approximate surface area is 253 Å². The van der Waals surface area contributed by atoms with Crippen LogP contribution in [0.2, 0.25) is 0 Å². The fraction of sp³-hybridized carbons (Fsp3) is 0.500.